The Morgan fingerprint density at radius 1 is 1.21 bits per heavy atom. The Balaban J connectivity index is 2.02. The van der Waals surface area contributed by atoms with E-state index in [1.54, 1.807) is 24.3 Å². The second-order valence-corrected chi connectivity index (χ2v) is 6.23. The summed E-state index contributed by atoms with van der Waals surface area (Å²) in [7, 11) is 0. The second kappa shape index (κ2) is 9.62. The van der Waals surface area contributed by atoms with Gasteiger partial charge in [-0.1, -0.05) is 30.3 Å². The van der Waals surface area contributed by atoms with E-state index in [-0.39, 0.29) is 23.3 Å². The molecule has 0 aliphatic heterocycles. The van der Waals surface area contributed by atoms with Crippen LogP contribution in [0.3, 0.4) is 0 Å². The lowest BCUT2D eigenvalue weighted by atomic mass is 9.97. The average Bonchev–Trinajstić information content (AvgIpc) is 2.70. The summed E-state index contributed by atoms with van der Waals surface area (Å²) in [6, 6.07) is 10.9. The van der Waals surface area contributed by atoms with Crippen LogP contribution in [0.25, 0.3) is 0 Å². The van der Waals surface area contributed by atoms with Gasteiger partial charge in [0.25, 0.3) is 5.69 Å². The number of nitrogens with zero attached hydrogens (tertiary/aromatic N) is 1. The third-order valence-electron chi connectivity index (χ3n) is 4.20. The van der Waals surface area contributed by atoms with Gasteiger partial charge in [-0.25, -0.2) is 9.59 Å². The molecule has 0 aromatic heterocycles. The van der Waals surface area contributed by atoms with E-state index in [0.29, 0.717) is 0 Å². The first kappa shape index (κ1) is 21.8. The lowest BCUT2D eigenvalue weighted by molar-refractivity contribution is -0.385. The Hall–Kier alpha value is -3.50. The molecule has 0 aliphatic carbocycles. The summed E-state index contributed by atoms with van der Waals surface area (Å²) >= 11 is 0. The summed E-state index contributed by atoms with van der Waals surface area (Å²) in [6.07, 6.45) is -4.05. The van der Waals surface area contributed by atoms with E-state index in [9.17, 15) is 35.0 Å². The van der Waals surface area contributed by atoms with Crippen LogP contribution in [-0.4, -0.2) is 45.0 Å². The maximum atomic E-state index is 11.7. The summed E-state index contributed by atoms with van der Waals surface area (Å²) in [6.45, 7) is 0.870. The SMILES string of the molecule is Cc1c(C(=O)O)cc(C(O)C(O)CNC(=O)OCc2ccccc2)cc1[N+](=O)[O-]. The molecule has 10 nitrogen and oxygen atoms in total. The van der Waals surface area contributed by atoms with Crippen LogP contribution in [0.2, 0.25) is 0 Å². The smallest absolute Gasteiger partial charge is 0.407 e. The molecule has 0 saturated heterocycles. The van der Waals surface area contributed by atoms with Crippen LogP contribution < -0.4 is 5.32 Å². The summed E-state index contributed by atoms with van der Waals surface area (Å²) in [5.74, 6) is -1.41. The third kappa shape index (κ3) is 5.74. The number of rotatable bonds is 8. The molecule has 0 aliphatic rings. The van der Waals surface area contributed by atoms with Crippen LogP contribution in [0.5, 0.6) is 0 Å². The molecule has 0 bridgehead atoms. The van der Waals surface area contributed by atoms with Crippen LogP contribution >= 0.6 is 0 Å². The molecular weight excluding hydrogens is 384 g/mol. The van der Waals surface area contributed by atoms with Gasteiger partial charge in [0, 0.05) is 18.2 Å². The molecule has 1 amide bonds. The monoisotopic (exact) mass is 404 g/mol. The van der Waals surface area contributed by atoms with Gasteiger partial charge < -0.3 is 25.4 Å². The van der Waals surface area contributed by atoms with Crippen molar-refractivity contribution in [2.75, 3.05) is 6.54 Å². The number of amides is 1. The van der Waals surface area contributed by atoms with Gasteiger partial charge in [0.1, 0.15) is 18.8 Å². The minimum absolute atomic E-state index is 0.0114. The molecule has 0 heterocycles. The maximum absolute atomic E-state index is 11.7. The fourth-order valence-corrected chi connectivity index (χ4v) is 2.60. The zero-order valence-corrected chi connectivity index (χ0v) is 15.4. The predicted octanol–water partition coefficient (Wildman–Crippen LogP) is 1.92. The molecule has 2 unspecified atom stereocenters. The van der Waals surface area contributed by atoms with Gasteiger partial charge in [0.2, 0.25) is 0 Å². The van der Waals surface area contributed by atoms with Crippen molar-refractivity contribution in [2.24, 2.45) is 0 Å². The Morgan fingerprint density at radius 2 is 1.86 bits per heavy atom. The first-order valence-corrected chi connectivity index (χ1v) is 8.53. The predicted molar refractivity (Wildman–Crippen MR) is 100 cm³/mol. The van der Waals surface area contributed by atoms with E-state index >= 15 is 0 Å². The van der Waals surface area contributed by atoms with Crippen molar-refractivity contribution in [3.63, 3.8) is 0 Å². The number of carboxylic acids is 1. The van der Waals surface area contributed by atoms with Crippen molar-refractivity contribution < 1.29 is 34.6 Å². The van der Waals surface area contributed by atoms with Gasteiger partial charge in [0.05, 0.1) is 10.5 Å². The number of nitrogens with one attached hydrogen (secondary N) is 1. The largest absolute Gasteiger partial charge is 0.478 e. The molecule has 2 aromatic rings. The molecule has 2 atom stereocenters. The quantitative estimate of drug-likeness (QED) is 0.383. The minimum Gasteiger partial charge on any atom is -0.478 e. The molecule has 0 spiro atoms. The number of hydrogen-bond donors (Lipinski definition) is 4. The maximum Gasteiger partial charge on any atom is 0.407 e. The van der Waals surface area contributed by atoms with Crippen molar-refractivity contribution in [3.8, 4) is 0 Å². The summed E-state index contributed by atoms with van der Waals surface area (Å²) in [5.41, 5.74) is -0.337. The van der Waals surface area contributed by atoms with Crippen LogP contribution in [0.15, 0.2) is 42.5 Å². The molecule has 4 N–H and O–H groups in total. The number of hydrogen-bond acceptors (Lipinski definition) is 7. The second-order valence-electron chi connectivity index (χ2n) is 6.23. The van der Waals surface area contributed by atoms with Crippen LogP contribution in [-0.2, 0) is 11.3 Å². The number of ether oxygens (including phenoxy) is 1. The van der Waals surface area contributed by atoms with Crippen molar-refractivity contribution in [3.05, 3.63) is 74.8 Å². The van der Waals surface area contributed by atoms with E-state index in [1.807, 2.05) is 6.07 Å². The number of aliphatic hydroxyl groups is 2. The average molecular weight is 404 g/mol. The lowest BCUT2D eigenvalue weighted by Crippen LogP contribution is -2.35. The number of nitro benzene ring substituents is 1. The van der Waals surface area contributed by atoms with E-state index < -0.39 is 41.4 Å². The van der Waals surface area contributed by atoms with Crippen molar-refractivity contribution in [2.45, 2.75) is 25.7 Å². The van der Waals surface area contributed by atoms with Gasteiger partial charge >= 0.3 is 12.1 Å². The first-order valence-electron chi connectivity index (χ1n) is 8.53. The number of nitro groups is 1. The van der Waals surface area contributed by atoms with Gasteiger partial charge in [-0.3, -0.25) is 10.1 Å². The molecule has 10 heteroatoms. The van der Waals surface area contributed by atoms with Crippen LogP contribution in [0.4, 0.5) is 10.5 Å². The summed E-state index contributed by atoms with van der Waals surface area (Å²) in [4.78, 5) is 33.4. The Bertz CT molecular complexity index is 865. The van der Waals surface area contributed by atoms with Crippen LogP contribution in [0, 0.1) is 17.0 Å². The van der Waals surface area contributed by atoms with Crippen LogP contribution in [0.1, 0.15) is 33.2 Å². The molecule has 29 heavy (non-hydrogen) atoms. The van der Waals surface area contributed by atoms with Crippen molar-refractivity contribution in [1.29, 1.82) is 0 Å². The van der Waals surface area contributed by atoms with Gasteiger partial charge in [-0.05, 0) is 24.1 Å². The molecule has 0 fully saturated rings. The van der Waals surface area contributed by atoms with Crippen molar-refractivity contribution in [1.82, 2.24) is 5.32 Å². The fraction of sp³-hybridized carbons (Fsp3) is 0.263. The number of aliphatic hydroxyl groups excluding tert-OH is 2. The highest BCUT2D eigenvalue weighted by molar-refractivity contribution is 5.91. The van der Waals surface area contributed by atoms with Gasteiger partial charge in [0.15, 0.2) is 0 Å². The first-order chi connectivity index (χ1) is 13.7. The number of carbonyl (C=O) groups is 2. The normalized spacial score (nSPS) is 12.7. The van der Waals surface area contributed by atoms with Gasteiger partial charge in [-0.2, -0.15) is 0 Å². The molecular formula is C19H20N2O8. The van der Waals surface area contributed by atoms with E-state index in [0.717, 1.165) is 17.7 Å². The third-order valence-corrected chi connectivity index (χ3v) is 4.20. The number of carboxylic acid groups (broad SMARTS) is 1. The number of carbonyl (C=O) groups excluding carboxylic acids is 1. The molecule has 2 rings (SSSR count). The molecule has 0 saturated carbocycles. The summed E-state index contributed by atoms with van der Waals surface area (Å²) in [5, 5.41) is 43.0. The molecule has 2 aromatic carbocycles. The zero-order valence-electron chi connectivity index (χ0n) is 15.4. The van der Waals surface area contributed by atoms with E-state index in [1.165, 1.54) is 6.92 Å². The summed E-state index contributed by atoms with van der Waals surface area (Å²) < 4.78 is 4.97. The van der Waals surface area contributed by atoms with E-state index in [2.05, 4.69) is 5.32 Å². The molecule has 0 radical (unpaired) electrons. The number of aromatic carboxylic acids is 1. The zero-order chi connectivity index (χ0) is 21.6. The lowest BCUT2D eigenvalue weighted by Gasteiger charge is -2.19. The fourth-order valence-electron chi connectivity index (χ4n) is 2.60. The Kier molecular flexibility index (Phi) is 7.23. The molecule has 154 valence electrons. The number of alkyl carbamates (subject to hydrolysis) is 1. The number of benzene rings is 2. The minimum atomic E-state index is -1.66. The Morgan fingerprint density at radius 3 is 2.45 bits per heavy atom. The van der Waals surface area contributed by atoms with Crippen molar-refractivity contribution >= 4 is 17.7 Å². The van der Waals surface area contributed by atoms with E-state index in [4.69, 9.17) is 4.74 Å². The topological polar surface area (TPSA) is 159 Å². The Labute approximate surface area is 165 Å². The highest BCUT2D eigenvalue weighted by Gasteiger charge is 2.26. The van der Waals surface area contributed by atoms with Gasteiger partial charge in [-0.15, -0.1) is 0 Å². The highest BCUT2D eigenvalue weighted by atomic mass is 16.6. The standard InChI is InChI=1S/C19H20N2O8/c1-11-14(18(24)25)7-13(8-15(11)21(27)28)17(23)16(22)9-20-19(26)29-10-12-5-3-2-4-6-12/h2-8,16-17,22-23H,9-10H2,1H3,(H,20,26)(H,24,25). The highest BCUT2D eigenvalue weighted by Crippen LogP contribution is 2.28.